The van der Waals surface area contributed by atoms with Crippen molar-refractivity contribution in [3.05, 3.63) is 28.8 Å². The van der Waals surface area contributed by atoms with Crippen LogP contribution in [0.3, 0.4) is 0 Å². The highest BCUT2D eigenvalue weighted by molar-refractivity contribution is 5.41. The van der Waals surface area contributed by atoms with Gasteiger partial charge in [-0.05, 0) is 55.5 Å². The van der Waals surface area contributed by atoms with Gasteiger partial charge in [0.2, 0.25) is 0 Å². The lowest BCUT2D eigenvalue weighted by Crippen LogP contribution is -2.19. The van der Waals surface area contributed by atoms with Gasteiger partial charge in [-0.2, -0.15) is 0 Å². The van der Waals surface area contributed by atoms with Crippen LogP contribution in [0.15, 0.2) is 12.1 Å². The number of hydrogen-bond donors (Lipinski definition) is 2. The van der Waals surface area contributed by atoms with Crippen LogP contribution >= 0.6 is 0 Å². The number of aryl methyl sites for hydroxylation is 2. The Hall–Kier alpha value is -1.02. The minimum absolute atomic E-state index is 0.170. The maximum absolute atomic E-state index is 9.45. The molecule has 3 N–H and O–H groups in total. The van der Waals surface area contributed by atoms with Crippen molar-refractivity contribution in [3.8, 4) is 5.75 Å². The van der Waals surface area contributed by atoms with Gasteiger partial charge >= 0.3 is 0 Å². The van der Waals surface area contributed by atoms with Crippen molar-refractivity contribution in [2.75, 3.05) is 0 Å². The van der Waals surface area contributed by atoms with Crippen LogP contribution in [0.1, 0.15) is 30.5 Å². The third kappa shape index (κ3) is 2.48. The molecule has 14 heavy (non-hydrogen) atoms. The van der Waals surface area contributed by atoms with Crippen molar-refractivity contribution in [1.29, 1.82) is 0 Å². The first-order valence-electron chi connectivity index (χ1n) is 5.11. The lowest BCUT2D eigenvalue weighted by atomic mass is 9.94. The van der Waals surface area contributed by atoms with E-state index in [1.807, 2.05) is 19.9 Å². The number of phenols is 1. The second kappa shape index (κ2) is 4.47. The lowest BCUT2D eigenvalue weighted by molar-refractivity contribution is 0.473. The van der Waals surface area contributed by atoms with E-state index in [0.29, 0.717) is 5.75 Å². The number of rotatable bonds is 3. The largest absolute Gasteiger partial charge is 0.508 e. The van der Waals surface area contributed by atoms with E-state index in [-0.39, 0.29) is 6.04 Å². The van der Waals surface area contributed by atoms with Gasteiger partial charge < -0.3 is 10.8 Å². The van der Waals surface area contributed by atoms with Crippen LogP contribution in [0, 0.1) is 6.92 Å². The first-order chi connectivity index (χ1) is 6.54. The first-order valence-corrected chi connectivity index (χ1v) is 5.11. The molecule has 2 heteroatoms. The van der Waals surface area contributed by atoms with E-state index in [0.717, 1.165) is 18.4 Å². The van der Waals surface area contributed by atoms with Gasteiger partial charge in [0.15, 0.2) is 0 Å². The van der Waals surface area contributed by atoms with Gasteiger partial charge in [-0.25, -0.2) is 0 Å². The summed E-state index contributed by atoms with van der Waals surface area (Å²) in [6, 6.07) is 3.81. The van der Waals surface area contributed by atoms with Crippen molar-refractivity contribution in [1.82, 2.24) is 0 Å². The summed E-state index contributed by atoms with van der Waals surface area (Å²) in [6.45, 7) is 6.13. The minimum atomic E-state index is 0.170. The molecule has 1 aromatic carbocycles. The number of phenolic OH excluding ortho intramolecular Hbond substituents is 1. The summed E-state index contributed by atoms with van der Waals surface area (Å²) < 4.78 is 0. The van der Waals surface area contributed by atoms with Crippen LogP contribution in [0.5, 0.6) is 5.75 Å². The van der Waals surface area contributed by atoms with Gasteiger partial charge in [0.25, 0.3) is 0 Å². The predicted octanol–water partition coefficient (Wildman–Crippen LogP) is 2.15. The third-order valence-electron chi connectivity index (χ3n) is 2.46. The molecule has 0 aliphatic rings. The molecule has 0 aliphatic heterocycles. The molecule has 1 atom stereocenters. The fourth-order valence-corrected chi connectivity index (χ4v) is 1.80. The Labute approximate surface area is 85.8 Å². The fourth-order valence-electron chi connectivity index (χ4n) is 1.80. The molecular weight excluding hydrogens is 174 g/mol. The summed E-state index contributed by atoms with van der Waals surface area (Å²) in [5.74, 6) is 0.354. The SMILES string of the molecule is CCc1cc(O)cc(C)c1C[C@@H](C)N. The Balaban J connectivity index is 3.11. The summed E-state index contributed by atoms with van der Waals surface area (Å²) in [5.41, 5.74) is 9.43. The standard InChI is InChI=1S/C12H19NO/c1-4-10-7-11(14)5-8(2)12(10)6-9(3)13/h5,7,9,14H,4,6,13H2,1-3H3/t9-/m1/s1. The maximum Gasteiger partial charge on any atom is 0.116 e. The molecule has 0 heterocycles. The van der Waals surface area contributed by atoms with E-state index < -0.39 is 0 Å². The van der Waals surface area contributed by atoms with E-state index in [1.165, 1.54) is 11.1 Å². The Morgan fingerprint density at radius 1 is 1.43 bits per heavy atom. The quantitative estimate of drug-likeness (QED) is 0.772. The average molecular weight is 193 g/mol. The van der Waals surface area contributed by atoms with Crippen LogP contribution in [0.25, 0.3) is 0 Å². The molecule has 0 aromatic heterocycles. The van der Waals surface area contributed by atoms with Crippen LogP contribution in [-0.4, -0.2) is 11.1 Å². The molecule has 0 fully saturated rings. The van der Waals surface area contributed by atoms with Crippen molar-refractivity contribution >= 4 is 0 Å². The Kier molecular flexibility index (Phi) is 3.53. The molecule has 0 bridgehead atoms. The van der Waals surface area contributed by atoms with Crippen molar-refractivity contribution in [2.24, 2.45) is 5.73 Å². The van der Waals surface area contributed by atoms with Crippen LogP contribution in [0.4, 0.5) is 0 Å². The number of aromatic hydroxyl groups is 1. The van der Waals surface area contributed by atoms with Crippen LogP contribution in [-0.2, 0) is 12.8 Å². The highest BCUT2D eigenvalue weighted by Crippen LogP contribution is 2.22. The zero-order valence-corrected chi connectivity index (χ0v) is 9.17. The topological polar surface area (TPSA) is 46.2 Å². The minimum Gasteiger partial charge on any atom is -0.508 e. The highest BCUT2D eigenvalue weighted by Gasteiger charge is 2.08. The molecule has 0 unspecified atom stereocenters. The fraction of sp³-hybridized carbons (Fsp3) is 0.500. The third-order valence-corrected chi connectivity index (χ3v) is 2.46. The smallest absolute Gasteiger partial charge is 0.116 e. The van der Waals surface area contributed by atoms with E-state index in [9.17, 15) is 5.11 Å². The normalized spacial score (nSPS) is 12.9. The molecular formula is C12H19NO. The summed E-state index contributed by atoms with van der Waals surface area (Å²) >= 11 is 0. The molecule has 78 valence electrons. The molecule has 1 aromatic rings. The zero-order chi connectivity index (χ0) is 10.7. The van der Waals surface area contributed by atoms with Crippen molar-refractivity contribution in [2.45, 2.75) is 39.7 Å². The van der Waals surface area contributed by atoms with E-state index in [1.54, 1.807) is 6.07 Å². The second-order valence-electron chi connectivity index (χ2n) is 3.94. The summed E-state index contributed by atoms with van der Waals surface area (Å²) in [4.78, 5) is 0. The van der Waals surface area contributed by atoms with Gasteiger partial charge in [-0.3, -0.25) is 0 Å². The van der Waals surface area contributed by atoms with Crippen LogP contribution in [0.2, 0.25) is 0 Å². The monoisotopic (exact) mass is 193 g/mol. The number of benzene rings is 1. The Morgan fingerprint density at radius 3 is 2.57 bits per heavy atom. The predicted molar refractivity (Wildman–Crippen MR) is 59.6 cm³/mol. The van der Waals surface area contributed by atoms with Gasteiger partial charge in [0, 0.05) is 6.04 Å². The second-order valence-corrected chi connectivity index (χ2v) is 3.94. The highest BCUT2D eigenvalue weighted by atomic mass is 16.3. The van der Waals surface area contributed by atoms with Gasteiger partial charge in [-0.1, -0.05) is 6.92 Å². The summed E-state index contributed by atoms with van der Waals surface area (Å²) in [6.07, 6.45) is 1.83. The Morgan fingerprint density at radius 2 is 2.07 bits per heavy atom. The molecule has 0 aliphatic carbocycles. The van der Waals surface area contributed by atoms with Gasteiger partial charge in [0.05, 0.1) is 0 Å². The molecule has 1 rings (SSSR count). The molecule has 0 saturated carbocycles. The van der Waals surface area contributed by atoms with Crippen molar-refractivity contribution < 1.29 is 5.11 Å². The van der Waals surface area contributed by atoms with E-state index >= 15 is 0 Å². The van der Waals surface area contributed by atoms with Gasteiger partial charge in [-0.15, -0.1) is 0 Å². The zero-order valence-electron chi connectivity index (χ0n) is 9.17. The molecule has 0 spiro atoms. The molecule has 0 saturated heterocycles. The van der Waals surface area contributed by atoms with E-state index in [4.69, 9.17) is 5.73 Å². The number of hydrogen-bond acceptors (Lipinski definition) is 2. The lowest BCUT2D eigenvalue weighted by Gasteiger charge is -2.14. The van der Waals surface area contributed by atoms with Crippen molar-refractivity contribution in [3.63, 3.8) is 0 Å². The maximum atomic E-state index is 9.45. The Bertz CT molecular complexity index is 318. The van der Waals surface area contributed by atoms with Gasteiger partial charge in [0.1, 0.15) is 5.75 Å². The molecule has 0 amide bonds. The summed E-state index contributed by atoms with van der Waals surface area (Å²) in [5, 5.41) is 9.45. The van der Waals surface area contributed by atoms with E-state index in [2.05, 4.69) is 6.92 Å². The average Bonchev–Trinajstić information content (AvgIpc) is 2.08. The first kappa shape index (κ1) is 11.1. The molecule has 2 nitrogen and oxygen atoms in total. The van der Waals surface area contributed by atoms with Crippen LogP contribution < -0.4 is 5.73 Å². The summed E-state index contributed by atoms with van der Waals surface area (Å²) in [7, 11) is 0. The molecule has 0 radical (unpaired) electrons. The number of nitrogens with two attached hydrogens (primary N) is 1.